The van der Waals surface area contributed by atoms with Crippen molar-refractivity contribution in [3.8, 4) is 11.9 Å². The normalized spacial score (nSPS) is 27.2. The third kappa shape index (κ3) is 4.03. The van der Waals surface area contributed by atoms with E-state index >= 15 is 0 Å². The fraction of sp³-hybridized carbons (Fsp3) is 0.440. The number of halogens is 2. The van der Waals surface area contributed by atoms with Crippen molar-refractivity contribution in [2.45, 2.75) is 38.3 Å². The van der Waals surface area contributed by atoms with Crippen molar-refractivity contribution in [2.75, 3.05) is 6.61 Å². The van der Waals surface area contributed by atoms with E-state index in [1.54, 1.807) is 18.3 Å². The van der Waals surface area contributed by atoms with Crippen molar-refractivity contribution in [2.24, 2.45) is 28.8 Å². The molecule has 2 heterocycles. The van der Waals surface area contributed by atoms with Crippen molar-refractivity contribution in [1.29, 1.82) is 5.26 Å². The Morgan fingerprint density at radius 1 is 1.21 bits per heavy atom. The Hall–Kier alpha value is -3.38. The highest BCUT2D eigenvalue weighted by molar-refractivity contribution is 5.82. The van der Waals surface area contributed by atoms with E-state index in [1.807, 2.05) is 6.07 Å². The van der Waals surface area contributed by atoms with Gasteiger partial charge in [0.05, 0.1) is 24.8 Å². The van der Waals surface area contributed by atoms with E-state index in [-0.39, 0.29) is 29.2 Å². The number of carbonyl (C=O) groups excluding carboxylic acids is 1. The maximum atomic E-state index is 14.3. The van der Waals surface area contributed by atoms with Crippen LogP contribution in [0, 0.1) is 46.6 Å². The molecule has 0 radical (unpaired) electrons. The first kappa shape index (κ1) is 22.4. The number of ether oxygens (including phenoxy) is 1. The van der Waals surface area contributed by atoms with Crippen molar-refractivity contribution in [1.82, 2.24) is 9.99 Å². The summed E-state index contributed by atoms with van der Waals surface area (Å²) < 4.78 is 34.4. The van der Waals surface area contributed by atoms with Gasteiger partial charge in [-0.2, -0.15) is 10.4 Å². The molecule has 176 valence electrons. The Bertz CT molecular complexity index is 1130. The molecule has 1 N–H and O–H groups in total. The minimum atomic E-state index is -0.829. The lowest BCUT2D eigenvalue weighted by Gasteiger charge is -2.51. The van der Waals surface area contributed by atoms with Gasteiger partial charge in [-0.3, -0.25) is 4.79 Å². The quantitative estimate of drug-likeness (QED) is 0.700. The summed E-state index contributed by atoms with van der Waals surface area (Å²) in [5, 5.41) is 23.7. The number of hydrogen-bond donors (Lipinski definition) is 1. The van der Waals surface area contributed by atoms with E-state index in [0.717, 1.165) is 12.8 Å². The molecule has 0 spiro atoms. The summed E-state index contributed by atoms with van der Waals surface area (Å²) in [6.07, 6.45) is 5.99. The molecule has 0 saturated heterocycles. The lowest BCUT2D eigenvalue weighted by molar-refractivity contribution is -0.148. The van der Waals surface area contributed by atoms with Gasteiger partial charge < -0.3 is 9.84 Å². The molecule has 2 bridgehead atoms. The zero-order valence-electron chi connectivity index (χ0n) is 18.4. The molecule has 1 aliphatic heterocycles. The molecule has 4 aliphatic rings. The summed E-state index contributed by atoms with van der Waals surface area (Å²) in [6, 6.07) is 7.12. The zero-order chi connectivity index (χ0) is 23.8. The van der Waals surface area contributed by atoms with Crippen LogP contribution in [0.2, 0.25) is 0 Å². The number of amides is 1. The highest BCUT2D eigenvalue weighted by Gasteiger charge is 2.50. The second-order valence-electron chi connectivity index (χ2n) is 9.26. The molecular formula is C25H24F2N4O3. The van der Waals surface area contributed by atoms with E-state index < -0.39 is 24.3 Å². The van der Waals surface area contributed by atoms with Crippen LogP contribution < -0.4 is 4.74 Å². The van der Waals surface area contributed by atoms with Gasteiger partial charge in [-0.1, -0.05) is 0 Å². The summed E-state index contributed by atoms with van der Waals surface area (Å²) in [6.45, 7) is -0.292. The fourth-order valence-electron chi connectivity index (χ4n) is 5.40. The molecule has 1 amide bonds. The molecule has 6 rings (SSSR count). The molecule has 2 aromatic rings. The Morgan fingerprint density at radius 3 is 2.62 bits per heavy atom. The number of nitrogens with zero attached hydrogens (tertiary/aromatic N) is 4. The number of hydrogen-bond acceptors (Lipinski definition) is 6. The van der Waals surface area contributed by atoms with E-state index in [4.69, 9.17) is 15.1 Å². The van der Waals surface area contributed by atoms with Gasteiger partial charge in [0.25, 0.3) is 0 Å². The van der Waals surface area contributed by atoms with Crippen molar-refractivity contribution in [3.05, 3.63) is 58.8 Å². The van der Waals surface area contributed by atoms with Crippen LogP contribution >= 0.6 is 0 Å². The number of hydrazone groups is 1. The number of aliphatic hydroxyl groups is 1. The zero-order valence-corrected chi connectivity index (χ0v) is 18.4. The van der Waals surface area contributed by atoms with Gasteiger partial charge in [-0.05, 0) is 60.8 Å². The van der Waals surface area contributed by atoms with Crippen LogP contribution in [-0.2, 0) is 11.4 Å². The van der Waals surface area contributed by atoms with Gasteiger partial charge in [0.1, 0.15) is 17.7 Å². The number of rotatable bonds is 6. The Balaban J connectivity index is 1.27. The Morgan fingerprint density at radius 2 is 1.97 bits per heavy atom. The number of fused-ring (bicyclic) bond motifs is 2. The molecule has 7 nitrogen and oxygen atoms in total. The first-order chi connectivity index (χ1) is 16.5. The van der Waals surface area contributed by atoms with Gasteiger partial charge in [-0.25, -0.2) is 18.8 Å². The van der Waals surface area contributed by atoms with Crippen LogP contribution in [0.4, 0.5) is 8.78 Å². The Labute approximate surface area is 195 Å². The van der Waals surface area contributed by atoms with Gasteiger partial charge >= 0.3 is 0 Å². The average Bonchev–Trinajstić information content (AvgIpc) is 3.31. The average molecular weight is 466 g/mol. The highest BCUT2D eigenvalue weighted by atomic mass is 19.1. The molecule has 1 aromatic carbocycles. The largest absolute Gasteiger partial charge is 0.477 e. The number of aromatic nitrogens is 1. The van der Waals surface area contributed by atoms with Crippen LogP contribution in [0.25, 0.3) is 0 Å². The molecular weight excluding hydrogens is 442 g/mol. The summed E-state index contributed by atoms with van der Waals surface area (Å²) >= 11 is 0. The maximum Gasteiger partial charge on any atom is 0.246 e. The lowest BCUT2D eigenvalue weighted by atomic mass is 9.55. The first-order valence-corrected chi connectivity index (χ1v) is 11.4. The number of nitriles is 1. The minimum absolute atomic E-state index is 0.129. The van der Waals surface area contributed by atoms with E-state index in [9.17, 15) is 13.6 Å². The summed E-state index contributed by atoms with van der Waals surface area (Å²) in [5.74, 6) is -0.590. The summed E-state index contributed by atoms with van der Waals surface area (Å²) in [7, 11) is 0. The van der Waals surface area contributed by atoms with Crippen molar-refractivity contribution in [3.63, 3.8) is 0 Å². The molecule has 3 atom stereocenters. The van der Waals surface area contributed by atoms with Crippen molar-refractivity contribution < 1.29 is 23.4 Å². The standard InChI is InChI=1S/C25H24F2N4O3/c26-21-8-17(9-22(27)20(21)12-32)23-3-4-30-31(23)25(33)19-7-18(15-5-16(19)6-15)13-34-24-2-1-14(10-28)11-29-24/h1-2,4,8-9,11,15-16,18-19,23,32H,3,5-7,12-13H2. The van der Waals surface area contributed by atoms with Crippen LogP contribution in [0.5, 0.6) is 5.88 Å². The van der Waals surface area contributed by atoms with Gasteiger partial charge in [-0.15, -0.1) is 0 Å². The molecule has 3 aliphatic carbocycles. The van der Waals surface area contributed by atoms with Gasteiger partial charge in [0.15, 0.2) is 0 Å². The third-order valence-corrected chi connectivity index (χ3v) is 7.39. The predicted molar refractivity (Wildman–Crippen MR) is 117 cm³/mol. The molecule has 34 heavy (non-hydrogen) atoms. The smallest absolute Gasteiger partial charge is 0.246 e. The van der Waals surface area contributed by atoms with Gasteiger partial charge in [0.2, 0.25) is 11.8 Å². The third-order valence-electron chi connectivity index (χ3n) is 7.39. The first-order valence-electron chi connectivity index (χ1n) is 11.4. The summed E-state index contributed by atoms with van der Waals surface area (Å²) in [5.41, 5.74) is 0.407. The minimum Gasteiger partial charge on any atom is -0.477 e. The maximum absolute atomic E-state index is 14.3. The molecule has 3 saturated carbocycles. The second-order valence-corrected chi connectivity index (χ2v) is 9.26. The van der Waals surface area contributed by atoms with Crippen LogP contribution in [0.3, 0.4) is 0 Å². The van der Waals surface area contributed by atoms with Crippen LogP contribution in [0.1, 0.15) is 48.4 Å². The highest BCUT2D eigenvalue weighted by Crippen LogP contribution is 2.53. The predicted octanol–water partition coefficient (Wildman–Crippen LogP) is 3.72. The second kappa shape index (κ2) is 9.11. The fourth-order valence-corrected chi connectivity index (χ4v) is 5.40. The van der Waals surface area contributed by atoms with E-state index in [0.29, 0.717) is 42.4 Å². The number of carbonyl (C=O) groups is 1. The monoisotopic (exact) mass is 466 g/mol. The SMILES string of the molecule is N#Cc1ccc(OCC2CC(C(=O)N3N=CCC3c3cc(F)c(CO)c(F)c3)C3CC2C3)nc1. The lowest BCUT2D eigenvalue weighted by Crippen LogP contribution is -2.50. The number of aliphatic hydroxyl groups excluding tert-OH is 1. The van der Waals surface area contributed by atoms with Crippen molar-refractivity contribution >= 4 is 12.1 Å². The van der Waals surface area contributed by atoms with Gasteiger partial charge in [0, 0.05) is 36.4 Å². The number of benzene rings is 1. The molecule has 3 unspecified atom stereocenters. The molecule has 9 heteroatoms. The Kier molecular flexibility index (Phi) is 6.00. The summed E-state index contributed by atoms with van der Waals surface area (Å²) in [4.78, 5) is 17.6. The number of pyridine rings is 1. The van der Waals surface area contributed by atoms with Crippen LogP contribution in [-0.4, -0.2) is 33.8 Å². The molecule has 1 aromatic heterocycles. The van der Waals surface area contributed by atoms with E-state index in [2.05, 4.69) is 10.1 Å². The van der Waals surface area contributed by atoms with Crippen LogP contribution in [0.15, 0.2) is 35.6 Å². The molecule has 3 fully saturated rings. The van der Waals surface area contributed by atoms with E-state index in [1.165, 1.54) is 23.3 Å². The topological polar surface area (TPSA) is 98.8 Å².